The first-order chi connectivity index (χ1) is 8.63. The predicted molar refractivity (Wildman–Crippen MR) is 63.8 cm³/mol. The minimum absolute atomic E-state index is 0.0235. The number of benzene rings is 1. The molecule has 0 unspecified atom stereocenters. The SMILES string of the molecule is O=C(CCNCc1cc(F)cc(F)c1)NC1CC1. The highest BCUT2D eigenvalue weighted by Gasteiger charge is 2.22. The smallest absolute Gasteiger partial charge is 0.221 e. The van der Waals surface area contributed by atoms with Crippen molar-refractivity contribution in [2.75, 3.05) is 6.54 Å². The third-order valence-electron chi connectivity index (χ3n) is 2.72. The Labute approximate surface area is 105 Å². The Balaban J connectivity index is 1.66. The van der Waals surface area contributed by atoms with Crippen LogP contribution in [0.4, 0.5) is 8.78 Å². The molecule has 1 fully saturated rings. The lowest BCUT2D eigenvalue weighted by Crippen LogP contribution is -2.29. The number of amides is 1. The van der Waals surface area contributed by atoms with Gasteiger partial charge in [-0.1, -0.05) is 0 Å². The zero-order valence-electron chi connectivity index (χ0n) is 10.0. The highest BCUT2D eigenvalue weighted by atomic mass is 19.1. The Kier molecular flexibility index (Phi) is 4.25. The number of halogens is 2. The van der Waals surface area contributed by atoms with Crippen molar-refractivity contribution in [3.63, 3.8) is 0 Å². The molecule has 0 saturated heterocycles. The van der Waals surface area contributed by atoms with Crippen molar-refractivity contribution < 1.29 is 13.6 Å². The Morgan fingerprint density at radius 2 is 1.89 bits per heavy atom. The van der Waals surface area contributed by atoms with Crippen molar-refractivity contribution in [2.45, 2.75) is 31.8 Å². The van der Waals surface area contributed by atoms with Gasteiger partial charge >= 0.3 is 0 Å². The van der Waals surface area contributed by atoms with Crippen molar-refractivity contribution in [2.24, 2.45) is 0 Å². The molecule has 1 saturated carbocycles. The summed E-state index contributed by atoms with van der Waals surface area (Å²) in [6, 6.07) is 3.77. The fourth-order valence-electron chi connectivity index (χ4n) is 1.68. The van der Waals surface area contributed by atoms with Crippen molar-refractivity contribution in [1.29, 1.82) is 0 Å². The van der Waals surface area contributed by atoms with Crippen LogP contribution in [0.25, 0.3) is 0 Å². The lowest BCUT2D eigenvalue weighted by atomic mass is 10.2. The maximum absolute atomic E-state index is 12.9. The number of carbonyl (C=O) groups is 1. The van der Waals surface area contributed by atoms with Crippen LogP contribution in [0.2, 0.25) is 0 Å². The normalized spacial score (nSPS) is 14.6. The first-order valence-corrected chi connectivity index (χ1v) is 6.08. The van der Waals surface area contributed by atoms with E-state index in [0.29, 0.717) is 31.1 Å². The van der Waals surface area contributed by atoms with E-state index in [0.717, 1.165) is 18.9 Å². The fourth-order valence-corrected chi connectivity index (χ4v) is 1.68. The molecule has 1 aliphatic rings. The van der Waals surface area contributed by atoms with E-state index in [1.165, 1.54) is 12.1 Å². The summed E-state index contributed by atoms with van der Waals surface area (Å²) in [5.74, 6) is -1.15. The standard InChI is InChI=1S/C13H16F2N2O/c14-10-5-9(6-11(15)7-10)8-16-4-3-13(18)17-12-1-2-12/h5-7,12,16H,1-4,8H2,(H,17,18). The topological polar surface area (TPSA) is 41.1 Å². The molecule has 1 amide bonds. The molecular formula is C13H16F2N2O. The van der Waals surface area contributed by atoms with Crippen LogP contribution in [0.1, 0.15) is 24.8 Å². The van der Waals surface area contributed by atoms with E-state index < -0.39 is 11.6 Å². The summed E-state index contributed by atoms with van der Waals surface area (Å²) in [6.07, 6.45) is 2.53. The van der Waals surface area contributed by atoms with E-state index >= 15 is 0 Å². The van der Waals surface area contributed by atoms with Crippen LogP contribution < -0.4 is 10.6 Å². The van der Waals surface area contributed by atoms with Gasteiger partial charge in [0.05, 0.1) is 0 Å². The summed E-state index contributed by atoms with van der Waals surface area (Å²) in [7, 11) is 0. The van der Waals surface area contributed by atoms with Gasteiger partial charge < -0.3 is 10.6 Å². The molecule has 2 rings (SSSR count). The van der Waals surface area contributed by atoms with Gasteiger partial charge in [0, 0.05) is 31.6 Å². The van der Waals surface area contributed by atoms with Gasteiger partial charge in [0.25, 0.3) is 0 Å². The van der Waals surface area contributed by atoms with Gasteiger partial charge in [0.1, 0.15) is 11.6 Å². The molecule has 0 heterocycles. The van der Waals surface area contributed by atoms with E-state index in [-0.39, 0.29) is 5.91 Å². The molecule has 18 heavy (non-hydrogen) atoms. The van der Waals surface area contributed by atoms with Crippen LogP contribution >= 0.6 is 0 Å². The Morgan fingerprint density at radius 1 is 1.22 bits per heavy atom. The van der Waals surface area contributed by atoms with Crippen LogP contribution in [-0.2, 0) is 11.3 Å². The van der Waals surface area contributed by atoms with Crippen LogP contribution in [0.5, 0.6) is 0 Å². The number of rotatable bonds is 6. The summed E-state index contributed by atoms with van der Waals surface area (Å²) in [5.41, 5.74) is 0.537. The maximum atomic E-state index is 12.9. The summed E-state index contributed by atoms with van der Waals surface area (Å²) < 4.78 is 25.8. The van der Waals surface area contributed by atoms with Crippen molar-refractivity contribution in [3.8, 4) is 0 Å². The van der Waals surface area contributed by atoms with E-state index in [1.807, 2.05) is 0 Å². The average molecular weight is 254 g/mol. The molecule has 1 aromatic carbocycles. The third kappa shape index (κ3) is 4.41. The van der Waals surface area contributed by atoms with Crippen molar-refractivity contribution in [3.05, 3.63) is 35.4 Å². The van der Waals surface area contributed by atoms with Gasteiger partial charge in [0.15, 0.2) is 0 Å². The van der Waals surface area contributed by atoms with Crippen LogP contribution in [0.15, 0.2) is 18.2 Å². The largest absolute Gasteiger partial charge is 0.353 e. The van der Waals surface area contributed by atoms with Crippen LogP contribution in [-0.4, -0.2) is 18.5 Å². The minimum Gasteiger partial charge on any atom is -0.353 e. The quantitative estimate of drug-likeness (QED) is 0.759. The zero-order valence-corrected chi connectivity index (χ0v) is 10.0. The number of hydrogen-bond donors (Lipinski definition) is 2. The zero-order chi connectivity index (χ0) is 13.0. The second kappa shape index (κ2) is 5.91. The number of carbonyl (C=O) groups excluding carboxylic acids is 1. The van der Waals surface area contributed by atoms with Crippen LogP contribution in [0.3, 0.4) is 0 Å². The monoisotopic (exact) mass is 254 g/mol. The predicted octanol–water partition coefficient (Wildman–Crippen LogP) is 1.72. The van der Waals surface area contributed by atoms with E-state index in [4.69, 9.17) is 0 Å². The first-order valence-electron chi connectivity index (χ1n) is 6.08. The van der Waals surface area contributed by atoms with Crippen molar-refractivity contribution in [1.82, 2.24) is 10.6 Å². The molecule has 0 aliphatic heterocycles. The number of nitrogens with one attached hydrogen (secondary N) is 2. The van der Waals surface area contributed by atoms with Crippen molar-refractivity contribution >= 4 is 5.91 Å². The third-order valence-corrected chi connectivity index (χ3v) is 2.72. The molecule has 2 N–H and O–H groups in total. The molecule has 0 radical (unpaired) electrons. The van der Waals surface area contributed by atoms with Gasteiger partial charge in [0.2, 0.25) is 5.91 Å². The van der Waals surface area contributed by atoms with E-state index in [1.54, 1.807) is 0 Å². The van der Waals surface area contributed by atoms with Crippen LogP contribution in [0, 0.1) is 11.6 Å². The fraction of sp³-hybridized carbons (Fsp3) is 0.462. The van der Waals surface area contributed by atoms with Gasteiger partial charge in [-0.05, 0) is 30.5 Å². The lowest BCUT2D eigenvalue weighted by molar-refractivity contribution is -0.121. The van der Waals surface area contributed by atoms with Gasteiger partial charge in [-0.2, -0.15) is 0 Å². The van der Waals surface area contributed by atoms with Gasteiger partial charge in [-0.15, -0.1) is 0 Å². The molecule has 3 nitrogen and oxygen atoms in total. The molecule has 5 heteroatoms. The summed E-state index contributed by atoms with van der Waals surface area (Å²) in [5, 5.41) is 5.86. The van der Waals surface area contributed by atoms with E-state index in [9.17, 15) is 13.6 Å². The number of hydrogen-bond acceptors (Lipinski definition) is 2. The second-order valence-electron chi connectivity index (χ2n) is 4.55. The maximum Gasteiger partial charge on any atom is 0.221 e. The summed E-state index contributed by atoms with van der Waals surface area (Å²) in [4.78, 5) is 11.3. The first kappa shape index (κ1) is 13.0. The second-order valence-corrected chi connectivity index (χ2v) is 4.55. The molecule has 0 atom stereocenters. The lowest BCUT2D eigenvalue weighted by Gasteiger charge is -2.06. The minimum atomic E-state index is -0.585. The highest BCUT2D eigenvalue weighted by Crippen LogP contribution is 2.18. The Hall–Kier alpha value is -1.49. The summed E-state index contributed by atoms with van der Waals surface area (Å²) in [6.45, 7) is 0.849. The van der Waals surface area contributed by atoms with Gasteiger partial charge in [-0.25, -0.2) is 8.78 Å². The molecular weight excluding hydrogens is 238 g/mol. The Morgan fingerprint density at radius 3 is 2.50 bits per heavy atom. The molecule has 0 bridgehead atoms. The molecule has 98 valence electrons. The highest BCUT2D eigenvalue weighted by molar-refractivity contribution is 5.76. The summed E-state index contributed by atoms with van der Waals surface area (Å²) >= 11 is 0. The Bertz CT molecular complexity index is 413. The van der Waals surface area contributed by atoms with Gasteiger partial charge in [-0.3, -0.25) is 4.79 Å². The molecule has 0 spiro atoms. The average Bonchev–Trinajstić information content (AvgIpc) is 3.07. The molecule has 1 aromatic rings. The molecule has 1 aliphatic carbocycles. The van der Waals surface area contributed by atoms with E-state index in [2.05, 4.69) is 10.6 Å². The molecule has 0 aromatic heterocycles.